The molecule has 20 heavy (non-hydrogen) atoms. The highest BCUT2D eigenvalue weighted by Crippen LogP contribution is 2.18. The van der Waals surface area contributed by atoms with Crippen LogP contribution in [0.1, 0.15) is 5.82 Å². The van der Waals surface area contributed by atoms with Crippen LogP contribution in [0.25, 0.3) is 16.6 Å². The number of nitrogens with zero attached hydrogens (tertiary/aromatic N) is 2. The Hall–Kier alpha value is -1.46. The maximum atomic E-state index is 12.7. The van der Waals surface area contributed by atoms with Crippen molar-refractivity contribution in [2.75, 3.05) is 0 Å². The lowest BCUT2D eigenvalue weighted by atomic mass is 10.2. The van der Waals surface area contributed by atoms with Crippen molar-refractivity contribution < 1.29 is 0 Å². The molecule has 0 fully saturated rings. The van der Waals surface area contributed by atoms with Gasteiger partial charge >= 0.3 is 0 Å². The molecule has 0 saturated carbocycles. The van der Waals surface area contributed by atoms with E-state index in [1.165, 1.54) is 0 Å². The third-order valence-corrected chi connectivity index (χ3v) is 4.10. The first-order chi connectivity index (χ1) is 9.56. The fourth-order valence-electron chi connectivity index (χ4n) is 2.16. The van der Waals surface area contributed by atoms with Crippen LogP contribution in [-0.2, 0) is 0 Å². The summed E-state index contributed by atoms with van der Waals surface area (Å²) in [6.45, 7) is 1.84. The number of fused-ring (bicyclic) bond motifs is 1. The number of hydrogen-bond acceptors (Lipinski definition) is 2. The fraction of sp³-hybridized carbons (Fsp3) is 0.0667. The van der Waals surface area contributed by atoms with Gasteiger partial charge < -0.3 is 0 Å². The van der Waals surface area contributed by atoms with Gasteiger partial charge in [-0.15, -0.1) is 0 Å². The summed E-state index contributed by atoms with van der Waals surface area (Å²) in [4.78, 5) is 17.2. The molecule has 0 saturated heterocycles. The molecular formula is C15H10Br2N2O. The van der Waals surface area contributed by atoms with E-state index in [0.29, 0.717) is 16.7 Å². The maximum Gasteiger partial charge on any atom is 0.265 e. The average molecular weight is 394 g/mol. The molecule has 3 aromatic rings. The Kier molecular flexibility index (Phi) is 3.48. The summed E-state index contributed by atoms with van der Waals surface area (Å²) in [5.74, 6) is 0.673. The van der Waals surface area contributed by atoms with E-state index in [0.717, 1.165) is 14.6 Å². The van der Waals surface area contributed by atoms with E-state index in [1.54, 1.807) is 10.6 Å². The minimum absolute atomic E-state index is 0.0591. The van der Waals surface area contributed by atoms with Crippen molar-refractivity contribution in [2.24, 2.45) is 0 Å². The largest absolute Gasteiger partial charge is 0.268 e. The highest BCUT2D eigenvalue weighted by Gasteiger charge is 2.10. The van der Waals surface area contributed by atoms with Gasteiger partial charge in [0.2, 0.25) is 0 Å². The Morgan fingerprint density at radius 2 is 1.65 bits per heavy atom. The van der Waals surface area contributed by atoms with Crippen molar-refractivity contribution in [2.45, 2.75) is 6.92 Å². The van der Waals surface area contributed by atoms with Gasteiger partial charge in [0.05, 0.1) is 16.6 Å². The quantitative estimate of drug-likeness (QED) is 0.620. The summed E-state index contributed by atoms with van der Waals surface area (Å²) in [5, 5.41) is 0.605. The maximum absolute atomic E-state index is 12.7. The number of benzene rings is 2. The lowest BCUT2D eigenvalue weighted by Crippen LogP contribution is -2.22. The molecule has 0 N–H and O–H groups in total. The van der Waals surface area contributed by atoms with Crippen molar-refractivity contribution in [1.29, 1.82) is 0 Å². The van der Waals surface area contributed by atoms with Gasteiger partial charge in [-0.3, -0.25) is 9.36 Å². The van der Waals surface area contributed by atoms with Gasteiger partial charge in [-0.25, -0.2) is 4.98 Å². The van der Waals surface area contributed by atoms with Crippen LogP contribution in [0.5, 0.6) is 0 Å². The van der Waals surface area contributed by atoms with Crippen LogP contribution < -0.4 is 5.56 Å². The summed E-state index contributed by atoms with van der Waals surface area (Å²) in [6.07, 6.45) is 0. The zero-order valence-corrected chi connectivity index (χ0v) is 13.8. The Labute approximate surface area is 132 Å². The minimum atomic E-state index is -0.0591. The zero-order chi connectivity index (χ0) is 14.3. The Balaban J connectivity index is 2.36. The molecule has 0 aliphatic rings. The topological polar surface area (TPSA) is 34.9 Å². The summed E-state index contributed by atoms with van der Waals surface area (Å²) < 4.78 is 3.47. The van der Waals surface area contributed by atoms with Gasteiger partial charge in [-0.1, -0.05) is 31.9 Å². The molecule has 0 unspecified atom stereocenters. The van der Waals surface area contributed by atoms with Crippen molar-refractivity contribution in [3.05, 3.63) is 67.6 Å². The molecule has 3 rings (SSSR count). The van der Waals surface area contributed by atoms with Gasteiger partial charge in [0.25, 0.3) is 5.56 Å². The van der Waals surface area contributed by atoms with Crippen LogP contribution in [-0.4, -0.2) is 9.55 Å². The Bertz CT molecular complexity index is 854. The Morgan fingerprint density at radius 1 is 1.00 bits per heavy atom. The molecular weight excluding hydrogens is 384 g/mol. The molecule has 0 atom stereocenters. The van der Waals surface area contributed by atoms with Gasteiger partial charge in [-0.2, -0.15) is 0 Å². The number of rotatable bonds is 1. The van der Waals surface area contributed by atoms with Crippen molar-refractivity contribution >= 4 is 42.8 Å². The van der Waals surface area contributed by atoms with E-state index in [2.05, 4.69) is 36.8 Å². The predicted molar refractivity (Wildman–Crippen MR) is 87.5 cm³/mol. The van der Waals surface area contributed by atoms with Crippen LogP contribution in [0.4, 0.5) is 0 Å². The molecule has 100 valence electrons. The van der Waals surface area contributed by atoms with E-state index in [4.69, 9.17) is 0 Å². The van der Waals surface area contributed by atoms with Gasteiger partial charge in [0.1, 0.15) is 5.82 Å². The lowest BCUT2D eigenvalue weighted by Gasteiger charge is -2.11. The van der Waals surface area contributed by atoms with E-state index in [9.17, 15) is 4.79 Å². The third-order valence-electron chi connectivity index (χ3n) is 3.08. The average Bonchev–Trinajstić information content (AvgIpc) is 2.42. The molecule has 0 radical (unpaired) electrons. The molecule has 1 heterocycles. The van der Waals surface area contributed by atoms with Crippen LogP contribution >= 0.6 is 31.9 Å². The molecule has 0 aliphatic heterocycles. The highest BCUT2D eigenvalue weighted by atomic mass is 79.9. The van der Waals surface area contributed by atoms with Crippen LogP contribution in [0.15, 0.2) is 56.2 Å². The highest BCUT2D eigenvalue weighted by molar-refractivity contribution is 9.10. The van der Waals surface area contributed by atoms with Gasteiger partial charge in [-0.05, 0) is 49.4 Å². The summed E-state index contributed by atoms with van der Waals surface area (Å²) in [5.41, 5.74) is 1.46. The molecule has 0 spiro atoms. The zero-order valence-electron chi connectivity index (χ0n) is 10.6. The number of hydrogen-bond donors (Lipinski definition) is 0. The molecule has 0 bridgehead atoms. The smallest absolute Gasteiger partial charge is 0.265 e. The summed E-state index contributed by atoms with van der Waals surface area (Å²) >= 11 is 6.79. The molecule has 3 nitrogen and oxygen atoms in total. The van der Waals surface area contributed by atoms with E-state index >= 15 is 0 Å². The van der Waals surface area contributed by atoms with Crippen molar-refractivity contribution in [3.8, 4) is 5.69 Å². The predicted octanol–water partition coefficient (Wildman–Crippen LogP) is 4.22. The Morgan fingerprint density at radius 3 is 2.35 bits per heavy atom. The third kappa shape index (κ3) is 2.31. The van der Waals surface area contributed by atoms with Gasteiger partial charge in [0.15, 0.2) is 0 Å². The van der Waals surface area contributed by atoms with Crippen LogP contribution in [0.3, 0.4) is 0 Å². The van der Waals surface area contributed by atoms with Crippen molar-refractivity contribution in [3.63, 3.8) is 0 Å². The lowest BCUT2D eigenvalue weighted by molar-refractivity contribution is 0.894. The van der Waals surface area contributed by atoms with Crippen LogP contribution in [0.2, 0.25) is 0 Å². The second-order valence-corrected chi connectivity index (χ2v) is 6.27. The normalized spacial score (nSPS) is 10.9. The van der Waals surface area contributed by atoms with Gasteiger partial charge in [0, 0.05) is 8.95 Å². The van der Waals surface area contributed by atoms with E-state index in [-0.39, 0.29) is 5.56 Å². The molecule has 0 aliphatic carbocycles. The number of aryl methyl sites for hydroxylation is 1. The standard InChI is InChI=1S/C15H10Br2N2O/c1-9-18-14-7-4-11(17)8-13(14)15(20)19(9)12-5-2-10(16)3-6-12/h2-8H,1H3. The monoisotopic (exact) mass is 392 g/mol. The second-order valence-electron chi connectivity index (χ2n) is 4.44. The summed E-state index contributed by atoms with van der Waals surface area (Å²) in [7, 11) is 0. The number of halogens is 2. The molecule has 1 aromatic heterocycles. The minimum Gasteiger partial charge on any atom is -0.268 e. The molecule has 5 heteroatoms. The first kappa shape index (κ1) is 13.5. The summed E-state index contributed by atoms with van der Waals surface area (Å²) in [6, 6.07) is 13.1. The first-order valence-electron chi connectivity index (χ1n) is 6.01. The first-order valence-corrected chi connectivity index (χ1v) is 7.60. The second kappa shape index (κ2) is 5.14. The fourth-order valence-corrected chi connectivity index (χ4v) is 2.79. The molecule has 0 amide bonds. The van der Waals surface area contributed by atoms with E-state index < -0.39 is 0 Å². The SMILES string of the molecule is Cc1nc2ccc(Br)cc2c(=O)n1-c1ccc(Br)cc1. The molecule has 2 aromatic carbocycles. The van der Waals surface area contributed by atoms with E-state index in [1.807, 2.05) is 43.3 Å². The van der Waals surface area contributed by atoms with Crippen molar-refractivity contribution in [1.82, 2.24) is 9.55 Å². The van der Waals surface area contributed by atoms with Crippen LogP contribution in [0, 0.1) is 6.92 Å². The number of aromatic nitrogens is 2.